The summed E-state index contributed by atoms with van der Waals surface area (Å²) in [6.07, 6.45) is 5.27. The minimum absolute atomic E-state index is 0.105. The fraction of sp³-hybridized carbons (Fsp3) is 0.889. The van der Waals surface area contributed by atoms with Gasteiger partial charge >= 0.3 is 5.97 Å². The van der Waals surface area contributed by atoms with Crippen molar-refractivity contribution in [1.82, 2.24) is 5.32 Å². The maximum Gasteiger partial charge on any atom is 0.305 e. The first-order chi connectivity index (χ1) is 11.0. The molecule has 0 saturated heterocycles. The summed E-state index contributed by atoms with van der Waals surface area (Å²) in [4.78, 5) is 20.9. The molecule has 0 rings (SSSR count). The third kappa shape index (κ3) is 33.6. The van der Waals surface area contributed by atoms with Crippen LogP contribution >= 0.6 is 0 Å². The normalized spacial score (nSPS) is 8.96. The van der Waals surface area contributed by atoms with Gasteiger partial charge in [-0.1, -0.05) is 34.6 Å². The van der Waals surface area contributed by atoms with Crippen molar-refractivity contribution in [2.75, 3.05) is 26.4 Å². The molecule has 23 heavy (non-hydrogen) atoms. The zero-order chi connectivity index (χ0) is 18.3. The monoisotopic (exact) mass is 333 g/mol. The Morgan fingerprint density at radius 2 is 1.30 bits per heavy atom. The maximum absolute atomic E-state index is 10.5. The van der Waals surface area contributed by atoms with E-state index < -0.39 is 0 Å². The van der Waals surface area contributed by atoms with Crippen LogP contribution in [0, 0.1) is 0 Å². The van der Waals surface area contributed by atoms with E-state index in [9.17, 15) is 9.59 Å². The molecule has 5 heteroatoms. The standard InChI is InChI=1S/C6H13NO.C6H12O2.C6H14O/c1-3-5-6(8)7-4-2;1-3-5-8-6(7)4-2;1-3-5-7-6-4-2/h3-5H2,1-2H3,(H,7,8);3-5H2,1-2H3;3-6H2,1-2H3. The molecule has 0 heterocycles. The van der Waals surface area contributed by atoms with E-state index in [1.807, 2.05) is 20.8 Å². The van der Waals surface area contributed by atoms with E-state index in [0.29, 0.717) is 19.4 Å². The van der Waals surface area contributed by atoms with Gasteiger partial charge in [0.25, 0.3) is 0 Å². The van der Waals surface area contributed by atoms with Crippen molar-refractivity contribution in [2.45, 2.75) is 80.1 Å². The summed E-state index contributed by atoms with van der Waals surface area (Å²) >= 11 is 0. The van der Waals surface area contributed by atoms with E-state index in [1.165, 1.54) is 0 Å². The molecule has 140 valence electrons. The first kappa shape index (κ1) is 26.8. The molecule has 0 aliphatic heterocycles. The number of rotatable bonds is 10. The highest BCUT2D eigenvalue weighted by Crippen LogP contribution is 1.85. The Morgan fingerprint density at radius 3 is 1.65 bits per heavy atom. The molecule has 0 radical (unpaired) electrons. The second kappa shape index (κ2) is 25.8. The highest BCUT2D eigenvalue weighted by molar-refractivity contribution is 5.75. The van der Waals surface area contributed by atoms with Crippen LogP contribution in [-0.4, -0.2) is 38.2 Å². The van der Waals surface area contributed by atoms with E-state index in [4.69, 9.17) is 9.47 Å². The number of hydrogen-bond donors (Lipinski definition) is 1. The van der Waals surface area contributed by atoms with Crippen LogP contribution in [0.2, 0.25) is 0 Å². The van der Waals surface area contributed by atoms with E-state index in [1.54, 1.807) is 6.92 Å². The lowest BCUT2D eigenvalue weighted by atomic mass is 10.3. The average Bonchev–Trinajstić information content (AvgIpc) is 2.55. The van der Waals surface area contributed by atoms with E-state index in [2.05, 4.69) is 19.2 Å². The van der Waals surface area contributed by atoms with Crippen molar-refractivity contribution >= 4 is 11.9 Å². The second-order valence-electron chi connectivity index (χ2n) is 4.89. The summed E-state index contributed by atoms with van der Waals surface area (Å²) in [5.41, 5.74) is 0. The van der Waals surface area contributed by atoms with Crippen molar-refractivity contribution in [1.29, 1.82) is 0 Å². The molecule has 0 unspecified atom stereocenters. The molecule has 0 aliphatic carbocycles. The minimum Gasteiger partial charge on any atom is -0.466 e. The molecular formula is C18H39NO4. The van der Waals surface area contributed by atoms with E-state index in [0.717, 1.165) is 45.4 Å². The Morgan fingerprint density at radius 1 is 0.783 bits per heavy atom. The number of hydrogen-bond acceptors (Lipinski definition) is 4. The maximum atomic E-state index is 10.5. The molecule has 0 aromatic rings. The lowest BCUT2D eigenvalue weighted by Gasteiger charge is -1.97. The third-order valence-corrected chi connectivity index (χ3v) is 2.30. The first-order valence-corrected chi connectivity index (χ1v) is 9.03. The highest BCUT2D eigenvalue weighted by atomic mass is 16.5. The predicted octanol–water partition coefficient (Wildman–Crippen LogP) is 4.10. The minimum atomic E-state index is -0.105. The van der Waals surface area contributed by atoms with Gasteiger partial charge in [-0.15, -0.1) is 0 Å². The molecule has 5 nitrogen and oxygen atoms in total. The van der Waals surface area contributed by atoms with Crippen LogP contribution in [0.1, 0.15) is 80.1 Å². The molecule has 0 aromatic heterocycles. The molecule has 0 aliphatic rings. The zero-order valence-electron chi connectivity index (χ0n) is 16.2. The van der Waals surface area contributed by atoms with Gasteiger partial charge < -0.3 is 14.8 Å². The lowest BCUT2D eigenvalue weighted by Crippen LogP contribution is -2.21. The molecule has 0 bridgehead atoms. The molecule has 0 saturated carbocycles. The fourth-order valence-electron chi connectivity index (χ4n) is 1.22. The number of carbonyl (C=O) groups is 2. The fourth-order valence-corrected chi connectivity index (χ4v) is 1.22. The quantitative estimate of drug-likeness (QED) is 0.483. The molecule has 0 atom stereocenters. The van der Waals surface area contributed by atoms with Gasteiger partial charge in [0, 0.05) is 32.6 Å². The number of nitrogens with one attached hydrogen (secondary N) is 1. The molecule has 0 fully saturated rings. The molecule has 0 aromatic carbocycles. The number of ether oxygens (including phenoxy) is 2. The number of esters is 1. The molecule has 1 N–H and O–H groups in total. The van der Waals surface area contributed by atoms with Crippen molar-refractivity contribution < 1.29 is 19.1 Å². The summed E-state index contributed by atoms with van der Waals surface area (Å²) in [5, 5.41) is 2.71. The van der Waals surface area contributed by atoms with Crippen LogP contribution in [0.25, 0.3) is 0 Å². The number of amides is 1. The summed E-state index contributed by atoms with van der Waals surface area (Å²) in [6.45, 7) is 15.1. The van der Waals surface area contributed by atoms with Gasteiger partial charge in [-0.05, 0) is 32.6 Å². The smallest absolute Gasteiger partial charge is 0.305 e. The van der Waals surface area contributed by atoms with Gasteiger partial charge in [-0.2, -0.15) is 0 Å². The molecule has 0 spiro atoms. The van der Waals surface area contributed by atoms with Crippen LogP contribution in [0.4, 0.5) is 0 Å². The van der Waals surface area contributed by atoms with Crippen LogP contribution in [-0.2, 0) is 19.1 Å². The van der Waals surface area contributed by atoms with Gasteiger partial charge in [0.15, 0.2) is 0 Å². The largest absolute Gasteiger partial charge is 0.466 e. The average molecular weight is 334 g/mol. The van der Waals surface area contributed by atoms with Crippen LogP contribution < -0.4 is 5.32 Å². The summed E-state index contributed by atoms with van der Waals surface area (Å²) in [6, 6.07) is 0. The van der Waals surface area contributed by atoms with Gasteiger partial charge in [0.05, 0.1) is 6.61 Å². The Labute approximate surface area is 143 Å². The van der Waals surface area contributed by atoms with Gasteiger partial charge in [-0.3, -0.25) is 9.59 Å². The topological polar surface area (TPSA) is 64.6 Å². The molecule has 1 amide bonds. The second-order valence-corrected chi connectivity index (χ2v) is 4.89. The van der Waals surface area contributed by atoms with Gasteiger partial charge in [-0.25, -0.2) is 0 Å². The Bertz CT molecular complexity index is 233. The third-order valence-electron chi connectivity index (χ3n) is 2.30. The molecular weight excluding hydrogens is 294 g/mol. The number of carbonyl (C=O) groups excluding carboxylic acids is 2. The summed E-state index contributed by atoms with van der Waals surface area (Å²) < 4.78 is 9.83. The highest BCUT2D eigenvalue weighted by Gasteiger charge is 1.93. The zero-order valence-corrected chi connectivity index (χ0v) is 16.2. The van der Waals surface area contributed by atoms with Crippen molar-refractivity contribution in [2.24, 2.45) is 0 Å². The van der Waals surface area contributed by atoms with Gasteiger partial charge in [0.2, 0.25) is 5.91 Å². The Kier molecular flexibility index (Phi) is 30.1. The summed E-state index contributed by atoms with van der Waals surface area (Å²) in [7, 11) is 0. The SMILES string of the molecule is CCCC(=O)NCC.CCCOC(=O)CC.CCCOCCC. The van der Waals surface area contributed by atoms with Crippen LogP contribution in [0.3, 0.4) is 0 Å². The Hall–Kier alpha value is -1.10. The van der Waals surface area contributed by atoms with Gasteiger partial charge in [0.1, 0.15) is 0 Å². The van der Waals surface area contributed by atoms with Crippen LogP contribution in [0.5, 0.6) is 0 Å². The van der Waals surface area contributed by atoms with Crippen molar-refractivity contribution in [3.63, 3.8) is 0 Å². The first-order valence-electron chi connectivity index (χ1n) is 9.03. The Balaban J connectivity index is -0.000000262. The summed E-state index contributed by atoms with van der Waals surface area (Å²) in [5.74, 6) is 0.0573. The predicted molar refractivity (Wildman–Crippen MR) is 96.5 cm³/mol. The lowest BCUT2D eigenvalue weighted by molar-refractivity contribution is -0.143. The van der Waals surface area contributed by atoms with E-state index in [-0.39, 0.29) is 11.9 Å². The van der Waals surface area contributed by atoms with Crippen molar-refractivity contribution in [3.8, 4) is 0 Å². The van der Waals surface area contributed by atoms with E-state index >= 15 is 0 Å². The van der Waals surface area contributed by atoms with Crippen LogP contribution in [0.15, 0.2) is 0 Å². The van der Waals surface area contributed by atoms with Crippen molar-refractivity contribution in [3.05, 3.63) is 0 Å².